The van der Waals surface area contributed by atoms with Crippen LogP contribution in [0.4, 0.5) is 8.78 Å². The maximum absolute atomic E-state index is 14.3. The van der Waals surface area contributed by atoms with Crippen molar-refractivity contribution in [3.05, 3.63) is 60.2 Å². The van der Waals surface area contributed by atoms with E-state index in [0.717, 1.165) is 0 Å². The maximum atomic E-state index is 14.3. The number of Topliss-reactive ketones (excluding diaryl/α,β-unsaturated/α-hetero) is 1. The Labute approximate surface area is 298 Å². The number of carbonyl (C=O) groups is 4. The summed E-state index contributed by atoms with van der Waals surface area (Å²) in [6.07, 6.45) is -2.93. The van der Waals surface area contributed by atoms with Crippen LogP contribution in [0.5, 0.6) is 5.75 Å². The number of hydrogen-bond acceptors (Lipinski definition) is 11. The largest absolute Gasteiger partial charge is 0.497 e. The number of benzene rings is 2. The van der Waals surface area contributed by atoms with Gasteiger partial charge in [-0.3, -0.25) is 29.2 Å². The number of nitrogens with one attached hydrogen (secondary N) is 3. The van der Waals surface area contributed by atoms with E-state index in [-0.39, 0.29) is 37.0 Å². The summed E-state index contributed by atoms with van der Waals surface area (Å²) in [5, 5.41) is 17.4. The van der Waals surface area contributed by atoms with Crippen molar-refractivity contribution >= 4 is 33.5 Å². The normalized spacial score (nSPS) is 23.4. The zero-order valence-corrected chi connectivity index (χ0v) is 29.6. The van der Waals surface area contributed by atoms with Crippen molar-refractivity contribution in [2.75, 3.05) is 20.2 Å². The van der Waals surface area contributed by atoms with Crippen molar-refractivity contribution in [1.29, 1.82) is 0 Å². The van der Waals surface area contributed by atoms with Crippen LogP contribution in [0.25, 0.3) is 11.4 Å². The number of tetrazole rings is 1. The van der Waals surface area contributed by atoms with Gasteiger partial charge in [0.15, 0.2) is 5.78 Å². The molecule has 15 nitrogen and oxygen atoms in total. The first-order chi connectivity index (χ1) is 24.7. The average molecular weight is 743 g/mol. The average Bonchev–Trinajstić information content (AvgIpc) is 4.01. The maximum Gasteiger partial charge on any atom is 0.259 e. The second kappa shape index (κ2) is 14.7. The highest BCUT2D eigenvalue weighted by Gasteiger charge is 2.66. The number of sulfonamides is 1. The highest BCUT2D eigenvalue weighted by Crippen LogP contribution is 2.48. The Morgan fingerprint density at radius 1 is 1.04 bits per heavy atom. The monoisotopic (exact) mass is 742 g/mol. The number of amides is 3. The van der Waals surface area contributed by atoms with Gasteiger partial charge in [-0.15, -0.1) is 10.2 Å². The fourth-order valence-electron chi connectivity index (χ4n) is 6.46. The summed E-state index contributed by atoms with van der Waals surface area (Å²) in [6, 6.07) is 12.5. The number of aromatic nitrogens is 4. The van der Waals surface area contributed by atoms with Crippen LogP contribution in [-0.2, 0) is 24.4 Å². The summed E-state index contributed by atoms with van der Waals surface area (Å²) < 4.78 is 60.3. The van der Waals surface area contributed by atoms with Gasteiger partial charge < -0.3 is 15.0 Å². The van der Waals surface area contributed by atoms with Crippen LogP contribution in [0.1, 0.15) is 55.9 Å². The lowest BCUT2D eigenvalue weighted by molar-refractivity contribution is -0.142. The summed E-state index contributed by atoms with van der Waals surface area (Å²) in [7, 11) is -2.58. The number of halogens is 2. The molecule has 1 unspecified atom stereocenters. The van der Waals surface area contributed by atoms with E-state index in [2.05, 4.69) is 26.0 Å². The quantitative estimate of drug-likeness (QED) is 0.192. The lowest BCUT2D eigenvalue weighted by Gasteiger charge is -2.31. The van der Waals surface area contributed by atoms with E-state index in [4.69, 9.17) is 4.74 Å². The van der Waals surface area contributed by atoms with Gasteiger partial charge in [-0.25, -0.2) is 17.2 Å². The van der Waals surface area contributed by atoms with Gasteiger partial charge in [0, 0.05) is 24.1 Å². The van der Waals surface area contributed by atoms with Crippen LogP contribution >= 0.6 is 0 Å². The highest BCUT2D eigenvalue weighted by molar-refractivity contribution is 7.91. The molecule has 2 saturated carbocycles. The SMILES string of the molecule is COc1ccc(-c2nnn([C@@H]3CC(C(=O)N[C@]4(C(=O)NS(=O)(=O)C5CC5)C[C@H]4C(F)F)N(C(=O)[C@@H](NCC(=O)c4ccccc4)C(C)C)C3)n2)cc1. The van der Waals surface area contributed by atoms with E-state index in [1.165, 1.54) is 16.8 Å². The van der Waals surface area contributed by atoms with Gasteiger partial charge in [0.05, 0.1) is 36.9 Å². The van der Waals surface area contributed by atoms with Gasteiger partial charge in [0.2, 0.25) is 34.1 Å². The van der Waals surface area contributed by atoms with Crippen LogP contribution in [0.3, 0.4) is 0 Å². The predicted octanol–water partition coefficient (Wildman–Crippen LogP) is 1.74. The number of carbonyl (C=O) groups excluding carboxylic acids is 4. The van der Waals surface area contributed by atoms with E-state index in [1.54, 1.807) is 68.4 Å². The number of nitrogens with zero attached hydrogens (tertiary/aromatic N) is 5. The van der Waals surface area contributed by atoms with Gasteiger partial charge in [0.25, 0.3) is 5.91 Å². The molecule has 5 atom stereocenters. The third kappa shape index (κ3) is 7.67. The molecule has 0 radical (unpaired) electrons. The van der Waals surface area contributed by atoms with Crippen LogP contribution in [-0.4, -0.2) is 107 Å². The molecule has 3 amide bonds. The Kier molecular flexibility index (Phi) is 10.4. The third-order valence-corrected chi connectivity index (χ3v) is 11.6. The minimum absolute atomic E-state index is 0.0822. The molecule has 3 aliphatic rings. The Morgan fingerprint density at radius 2 is 1.73 bits per heavy atom. The molecule has 18 heteroatoms. The molecule has 3 N–H and O–H groups in total. The van der Waals surface area contributed by atoms with Crippen molar-refractivity contribution in [1.82, 2.24) is 40.5 Å². The number of alkyl halides is 2. The standard InChI is InChI=1S/C34H40F2N8O7S/c1-19(2)28(37-17-27(45)20-7-5-4-6-8-20)32(47)43-18-22(44-40-30(39-42-44)21-9-11-23(51-3)12-10-21)15-26(43)31(46)38-34(16-25(34)29(35)36)33(48)41-52(49,50)24-13-14-24/h4-12,19,22,24-26,28-29,37H,13-18H2,1-3H3,(H,38,46)(H,41,48)/t22-,25+,26?,28+,34-/m1/s1. The Hall–Kier alpha value is -4.84. The van der Waals surface area contributed by atoms with Crippen LogP contribution < -0.4 is 20.1 Å². The number of likely N-dealkylation sites (tertiary alicyclic amines) is 1. The first-order valence-electron chi connectivity index (χ1n) is 17.0. The summed E-state index contributed by atoms with van der Waals surface area (Å²) in [5.41, 5.74) is -1.12. The minimum atomic E-state index is -4.11. The predicted molar refractivity (Wildman–Crippen MR) is 181 cm³/mol. The van der Waals surface area contributed by atoms with Crippen LogP contribution in [0.15, 0.2) is 54.6 Å². The molecule has 0 spiro atoms. The van der Waals surface area contributed by atoms with E-state index in [9.17, 15) is 36.4 Å². The van der Waals surface area contributed by atoms with Crippen molar-refractivity contribution in [3.63, 3.8) is 0 Å². The van der Waals surface area contributed by atoms with Gasteiger partial charge in [-0.2, -0.15) is 4.80 Å². The Bertz CT molecular complexity index is 1920. The molecule has 0 bridgehead atoms. The molecule has 3 fully saturated rings. The zero-order valence-electron chi connectivity index (χ0n) is 28.7. The Balaban J connectivity index is 1.26. The topological polar surface area (TPSA) is 195 Å². The lowest BCUT2D eigenvalue weighted by atomic mass is 10.0. The van der Waals surface area contributed by atoms with E-state index in [0.29, 0.717) is 29.7 Å². The molecule has 2 heterocycles. The Morgan fingerprint density at radius 3 is 2.33 bits per heavy atom. The second-order valence-electron chi connectivity index (χ2n) is 13.7. The van der Waals surface area contributed by atoms with Gasteiger partial charge in [0.1, 0.15) is 17.3 Å². The van der Waals surface area contributed by atoms with Gasteiger partial charge in [-0.05, 0) is 54.7 Å². The fraction of sp³-hybridized carbons (Fsp3) is 0.500. The molecule has 2 aliphatic carbocycles. The molecule has 1 aromatic heterocycles. The van der Waals surface area contributed by atoms with Gasteiger partial charge in [-0.1, -0.05) is 44.2 Å². The van der Waals surface area contributed by atoms with Crippen LogP contribution in [0, 0.1) is 11.8 Å². The molecular weight excluding hydrogens is 702 g/mol. The smallest absolute Gasteiger partial charge is 0.259 e. The summed E-state index contributed by atoms with van der Waals surface area (Å²) in [5.74, 6) is -4.08. The van der Waals surface area contributed by atoms with Crippen molar-refractivity contribution in [2.24, 2.45) is 11.8 Å². The minimum Gasteiger partial charge on any atom is -0.497 e. The fourth-order valence-corrected chi connectivity index (χ4v) is 7.83. The summed E-state index contributed by atoms with van der Waals surface area (Å²) in [6.45, 7) is 3.25. The van der Waals surface area contributed by atoms with E-state index in [1.807, 2.05) is 4.72 Å². The molecule has 3 aromatic rings. The number of methoxy groups -OCH3 is 1. The van der Waals surface area contributed by atoms with E-state index >= 15 is 0 Å². The number of ketones is 1. The number of hydrogen-bond donors (Lipinski definition) is 3. The van der Waals surface area contributed by atoms with E-state index < -0.39 is 75.4 Å². The van der Waals surface area contributed by atoms with Crippen LogP contribution in [0.2, 0.25) is 0 Å². The summed E-state index contributed by atoms with van der Waals surface area (Å²) in [4.78, 5) is 57.1. The lowest BCUT2D eigenvalue weighted by Crippen LogP contribution is -2.59. The third-order valence-electron chi connectivity index (χ3n) is 9.75. The van der Waals surface area contributed by atoms with Crippen molar-refractivity contribution < 1.29 is 41.1 Å². The molecule has 278 valence electrons. The highest BCUT2D eigenvalue weighted by atomic mass is 32.2. The molecule has 1 aliphatic heterocycles. The molecule has 2 aromatic carbocycles. The van der Waals surface area contributed by atoms with Gasteiger partial charge >= 0.3 is 0 Å². The van der Waals surface area contributed by atoms with Crippen molar-refractivity contribution in [2.45, 2.75) is 74.9 Å². The molecular formula is C34H40F2N8O7S. The number of ether oxygens (including phenoxy) is 1. The number of rotatable bonds is 15. The molecule has 1 saturated heterocycles. The molecule has 6 rings (SSSR count). The summed E-state index contributed by atoms with van der Waals surface area (Å²) >= 11 is 0. The second-order valence-corrected chi connectivity index (χ2v) is 15.7. The first-order valence-corrected chi connectivity index (χ1v) is 18.5. The van der Waals surface area contributed by atoms with Crippen molar-refractivity contribution in [3.8, 4) is 17.1 Å². The zero-order chi connectivity index (χ0) is 37.4. The first kappa shape index (κ1) is 36.9. The molecule has 52 heavy (non-hydrogen) atoms.